The molecule has 45 heavy (non-hydrogen) atoms. The van der Waals surface area contributed by atoms with Crippen molar-refractivity contribution < 1.29 is 0 Å². The van der Waals surface area contributed by atoms with E-state index in [0.29, 0.717) is 0 Å². The zero-order valence-corrected chi connectivity index (χ0v) is 26.1. The second kappa shape index (κ2) is 9.92. The first-order chi connectivity index (χ1) is 22.1. The highest BCUT2D eigenvalue weighted by Crippen LogP contribution is 2.52. The van der Waals surface area contributed by atoms with Crippen molar-refractivity contribution in [2.75, 3.05) is 4.90 Å². The molecule has 1 nitrogen and oxygen atoms in total. The van der Waals surface area contributed by atoms with Crippen LogP contribution in [0.15, 0.2) is 152 Å². The predicted molar refractivity (Wildman–Crippen MR) is 195 cm³/mol. The maximum Gasteiger partial charge on any atom is 0.0554 e. The lowest BCUT2D eigenvalue weighted by atomic mass is 9.82. The van der Waals surface area contributed by atoms with E-state index in [0.717, 1.165) is 5.69 Å². The van der Waals surface area contributed by atoms with Gasteiger partial charge in [0.15, 0.2) is 0 Å². The summed E-state index contributed by atoms with van der Waals surface area (Å²) in [6.45, 7) is 4.69. The van der Waals surface area contributed by atoms with E-state index in [9.17, 15) is 0 Å². The summed E-state index contributed by atoms with van der Waals surface area (Å²) in [5.41, 5.74) is 11.4. The molecule has 7 aromatic carbocycles. The van der Waals surface area contributed by atoms with Crippen LogP contribution < -0.4 is 4.90 Å². The van der Waals surface area contributed by atoms with Gasteiger partial charge in [0.25, 0.3) is 0 Å². The van der Waals surface area contributed by atoms with E-state index in [2.05, 4.69) is 170 Å². The molecule has 214 valence electrons. The topological polar surface area (TPSA) is 3.24 Å². The molecule has 0 amide bonds. The fourth-order valence-electron chi connectivity index (χ4n) is 7.39. The molecule has 0 saturated heterocycles. The summed E-state index contributed by atoms with van der Waals surface area (Å²) in [7, 11) is 0. The Morgan fingerprint density at radius 1 is 0.489 bits per heavy atom. The predicted octanol–water partition coefficient (Wildman–Crippen LogP) is 12.7. The summed E-state index contributed by atoms with van der Waals surface area (Å²) in [6.07, 6.45) is 0. The Bertz CT molecular complexity index is 2400. The molecule has 0 bridgehead atoms. The Morgan fingerprint density at radius 2 is 1.16 bits per heavy atom. The van der Waals surface area contributed by atoms with Gasteiger partial charge in [-0.1, -0.05) is 117 Å². The maximum absolute atomic E-state index is 2.46. The quantitative estimate of drug-likeness (QED) is 0.196. The van der Waals surface area contributed by atoms with Crippen LogP contribution in [0.2, 0.25) is 0 Å². The molecule has 0 spiro atoms. The third-order valence-electron chi connectivity index (χ3n) is 9.64. The first-order valence-corrected chi connectivity index (χ1v) is 16.4. The van der Waals surface area contributed by atoms with Gasteiger partial charge in [-0.3, -0.25) is 0 Å². The normalized spacial score (nSPS) is 13.3. The van der Waals surface area contributed by atoms with Crippen LogP contribution in [-0.2, 0) is 5.41 Å². The number of anilines is 3. The molecule has 1 aromatic heterocycles. The summed E-state index contributed by atoms with van der Waals surface area (Å²) in [5.74, 6) is 0. The highest BCUT2D eigenvalue weighted by molar-refractivity contribution is 7.26. The van der Waals surface area contributed by atoms with E-state index < -0.39 is 0 Å². The number of hydrogen-bond donors (Lipinski definition) is 0. The van der Waals surface area contributed by atoms with Gasteiger partial charge in [0.05, 0.1) is 5.69 Å². The first kappa shape index (κ1) is 26.2. The lowest BCUT2D eigenvalue weighted by molar-refractivity contribution is 0.660. The van der Waals surface area contributed by atoms with E-state index in [4.69, 9.17) is 0 Å². The summed E-state index contributed by atoms with van der Waals surface area (Å²) >= 11 is 1.88. The zero-order chi connectivity index (χ0) is 30.1. The average molecular weight is 594 g/mol. The van der Waals surface area contributed by atoms with Crippen molar-refractivity contribution in [2.45, 2.75) is 19.3 Å². The second-order valence-corrected chi connectivity index (χ2v) is 13.7. The standard InChI is InChI=1S/C43H31NS/c1-43(2)37-16-9-8-15-34(37)35-27-33(23-24-38(35)43)44(32-21-19-29(20-22-32)28-11-4-3-5-12-28)39-17-10-18-40-42(39)36-25-30-13-6-7-14-31(30)26-41(36)45-40/h3-27H,1-2H3. The van der Waals surface area contributed by atoms with Gasteiger partial charge in [0.1, 0.15) is 0 Å². The van der Waals surface area contributed by atoms with Crippen molar-refractivity contribution in [3.63, 3.8) is 0 Å². The molecule has 0 aliphatic heterocycles. The summed E-state index contributed by atoms with van der Waals surface area (Å²) < 4.78 is 2.62. The minimum atomic E-state index is -0.0305. The van der Waals surface area contributed by atoms with Gasteiger partial charge in [0, 0.05) is 37.0 Å². The summed E-state index contributed by atoms with van der Waals surface area (Å²) in [6, 6.07) is 55.9. The number of rotatable bonds is 4. The molecule has 1 heterocycles. The summed E-state index contributed by atoms with van der Waals surface area (Å²) in [4.78, 5) is 2.46. The minimum absolute atomic E-state index is 0.0305. The Morgan fingerprint density at radius 3 is 1.98 bits per heavy atom. The second-order valence-electron chi connectivity index (χ2n) is 12.6. The molecule has 0 N–H and O–H groups in total. The Labute approximate surface area is 267 Å². The highest BCUT2D eigenvalue weighted by Gasteiger charge is 2.35. The number of nitrogens with zero attached hydrogens (tertiary/aromatic N) is 1. The maximum atomic E-state index is 2.46. The minimum Gasteiger partial charge on any atom is -0.310 e. The largest absolute Gasteiger partial charge is 0.310 e. The van der Waals surface area contributed by atoms with Crippen LogP contribution in [0, 0.1) is 0 Å². The monoisotopic (exact) mass is 593 g/mol. The van der Waals surface area contributed by atoms with Gasteiger partial charge in [-0.15, -0.1) is 11.3 Å². The van der Waals surface area contributed by atoms with Crippen LogP contribution >= 0.6 is 11.3 Å². The van der Waals surface area contributed by atoms with Gasteiger partial charge in [-0.05, 0) is 92.7 Å². The lowest BCUT2D eigenvalue weighted by Crippen LogP contribution is -2.15. The third-order valence-corrected chi connectivity index (χ3v) is 10.8. The molecule has 0 saturated carbocycles. The van der Waals surface area contributed by atoms with Crippen LogP contribution in [0.4, 0.5) is 17.1 Å². The lowest BCUT2D eigenvalue weighted by Gasteiger charge is -2.28. The Kier molecular flexibility index (Phi) is 5.78. The van der Waals surface area contributed by atoms with Crippen LogP contribution in [-0.4, -0.2) is 0 Å². The molecule has 1 aliphatic carbocycles. The van der Waals surface area contributed by atoms with Crippen molar-refractivity contribution in [3.05, 3.63) is 163 Å². The van der Waals surface area contributed by atoms with Gasteiger partial charge in [-0.2, -0.15) is 0 Å². The third kappa shape index (κ3) is 4.06. The molecule has 2 heteroatoms. The number of benzene rings is 7. The van der Waals surface area contributed by atoms with Crippen molar-refractivity contribution in [2.24, 2.45) is 0 Å². The molecular weight excluding hydrogens is 563 g/mol. The molecular formula is C43H31NS. The Hall–Kier alpha value is -5.18. The number of hydrogen-bond acceptors (Lipinski definition) is 2. The highest BCUT2D eigenvalue weighted by atomic mass is 32.1. The van der Waals surface area contributed by atoms with E-state index in [-0.39, 0.29) is 5.41 Å². The fourth-order valence-corrected chi connectivity index (χ4v) is 8.54. The average Bonchev–Trinajstić information content (AvgIpc) is 3.56. The fraction of sp³-hybridized carbons (Fsp3) is 0.0698. The van der Waals surface area contributed by atoms with E-state index in [1.165, 1.54) is 75.7 Å². The SMILES string of the molecule is CC1(C)c2ccccc2-c2cc(N(c3ccc(-c4ccccc4)cc3)c3cccc4sc5cc6ccccc6cc5c34)ccc21. The smallest absolute Gasteiger partial charge is 0.0554 e. The van der Waals surface area contributed by atoms with Crippen LogP contribution in [0.5, 0.6) is 0 Å². The summed E-state index contributed by atoms with van der Waals surface area (Å²) in [5, 5.41) is 5.17. The van der Waals surface area contributed by atoms with Gasteiger partial charge in [-0.25, -0.2) is 0 Å². The van der Waals surface area contributed by atoms with Gasteiger partial charge in [0.2, 0.25) is 0 Å². The molecule has 0 radical (unpaired) electrons. The molecule has 8 aromatic rings. The van der Waals surface area contributed by atoms with Crippen LogP contribution in [0.1, 0.15) is 25.0 Å². The van der Waals surface area contributed by atoms with E-state index >= 15 is 0 Å². The molecule has 0 unspecified atom stereocenters. The van der Waals surface area contributed by atoms with E-state index in [1.54, 1.807) is 0 Å². The zero-order valence-electron chi connectivity index (χ0n) is 25.3. The van der Waals surface area contributed by atoms with Gasteiger partial charge < -0.3 is 4.90 Å². The van der Waals surface area contributed by atoms with Gasteiger partial charge >= 0.3 is 0 Å². The van der Waals surface area contributed by atoms with Crippen molar-refractivity contribution in [3.8, 4) is 22.3 Å². The van der Waals surface area contributed by atoms with Crippen LogP contribution in [0.25, 0.3) is 53.2 Å². The van der Waals surface area contributed by atoms with Crippen molar-refractivity contribution in [1.82, 2.24) is 0 Å². The first-order valence-electron chi connectivity index (χ1n) is 15.6. The number of thiophene rings is 1. The number of fused-ring (bicyclic) bond motifs is 7. The molecule has 1 aliphatic rings. The van der Waals surface area contributed by atoms with Crippen molar-refractivity contribution in [1.29, 1.82) is 0 Å². The molecule has 0 atom stereocenters. The molecule has 0 fully saturated rings. The van der Waals surface area contributed by atoms with E-state index in [1.807, 2.05) is 11.3 Å². The Balaban J connectivity index is 1.30. The molecule has 9 rings (SSSR count). The van der Waals surface area contributed by atoms with Crippen molar-refractivity contribution >= 4 is 59.3 Å². The van der Waals surface area contributed by atoms with Crippen LogP contribution in [0.3, 0.4) is 0 Å².